The molecule has 3 N–H and O–H groups in total. The molecule has 0 atom stereocenters. The molecule has 0 unspecified atom stereocenters. The summed E-state index contributed by atoms with van der Waals surface area (Å²) in [6, 6.07) is 10.5. The van der Waals surface area contributed by atoms with Crippen molar-refractivity contribution in [3.8, 4) is 5.75 Å². The fourth-order valence-corrected chi connectivity index (χ4v) is 2.35. The van der Waals surface area contributed by atoms with Gasteiger partial charge >= 0.3 is 0 Å². The van der Waals surface area contributed by atoms with Crippen molar-refractivity contribution in [1.82, 2.24) is 5.43 Å². The van der Waals surface area contributed by atoms with Gasteiger partial charge in [0.05, 0.1) is 6.21 Å². The van der Waals surface area contributed by atoms with Gasteiger partial charge in [-0.3, -0.25) is 4.79 Å². The van der Waals surface area contributed by atoms with Crippen LogP contribution in [-0.4, -0.2) is 18.7 Å². The van der Waals surface area contributed by atoms with Crippen LogP contribution in [0.2, 0.25) is 0 Å². The van der Waals surface area contributed by atoms with Gasteiger partial charge in [-0.2, -0.15) is 5.10 Å². The molecule has 0 spiro atoms. The lowest BCUT2D eigenvalue weighted by Crippen LogP contribution is -2.25. The Bertz CT molecular complexity index is 832. The highest BCUT2D eigenvalue weighted by Crippen LogP contribution is 2.33. The van der Waals surface area contributed by atoms with Crippen LogP contribution in [0.4, 0.5) is 11.4 Å². The summed E-state index contributed by atoms with van der Waals surface area (Å²) in [7, 11) is 0. The normalized spacial score (nSPS) is 10.9. The predicted molar refractivity (Wildman–Crippen MR) is 103 cm³/mol. The molecule has 0 aliphatic carbocycles. The first-order valence-corrected chi connectivity index (χ1v) is 8.19. The number of ether oxygens (including phenoxy) is 1. The van der Waals surface area contributed by atoms with Crippen LogP contribution < -0.4 is 15.9 Å². The average molecular weight is 354 g/mol. The lowest BCUT2D eigenvalue weighted by molar-refractivity contribution is -0.123. The van der Waals surface area contributed by atoms with Gasteiger partial charge in [0, 0.05) is 5.69 Å². The van der Waals surface area contributed by atoms with Gasteiger partial charge in [0.15, 0.2) is 6.61 Å². The topological polar surface area (TPSA) is 106 Å². The first-order valence-electron chi connectivity index (χ1n) is 8.19. The molecule has 0 aliphatic heterocycles. The van der Waals surface area contributed by atoms with Gasteiger partial charge in [0.25, 0.3) is 5.91 Å². The van der Waals surface area contributed by atoms with Gasteiger partial charge in [-0.25, -0.2) is 5.43 Å². The minimum Gasteiger partial charge on any atom is -0.483 e. The van der Waals surface area contributed by atoms with Crippen molar-refractivity contribution in [2.45, 2.75) is 26.7 Å². The van der Waals surface area contributed by atoms with E-state index in [0.717, 1.165) is 11.1 Å². The maximum atomic E-state index is 11.9. The van der Waals surface area contributed by atoms with Crippen LogP contribution in [0, 0.1) is 11.8 Å². The molecule has 2 aromatic carbocycles. The van der Waals surface area contributed by atoms with Crippen molar-refractivity contribution in [3.63, 3.8) is 0 Å². The van der Waals surface area contributed by atoms with E-state index in [-0.39, 0.29) is 12.5 Å². The zero-order chi connectivity index (χ0) is 19.1. The number of hydrazone groups is 1. The van der Waals surface area contributed by atoms with Gasteiger partial charge in [0.1, 0.15) is 11.4 Å². The monoisotopic (exact) mass is 354 g/mol. The summed E-state index contributed by atoms with van der Waals surface area (Å²) in [4.78, 5) is 22.8. The number of carbonyl (C=O) groups is 1. The van der Waals surface area contributed by atoms with E-state index < -0.39 is 5.91 Å². The lowest BCUT2D eigenvalue weighted by atomic mass is 9.99. The highest BCUT2D eigenvalue weighted by molar-refractivity contribution is 5.83. The molecule has 0 bridgehead atoms. The number of nitrogen functional groups attached to an aromatic ring is 1. The number of nitrogens with zero attached hydrogens (tertiary/aromatic N) is 2. The summed E-state index contributed by atoms with van der Waals surface area (Å²) in [5.41, 5.74) is 11.4. The third-order valence-electron chi connectivity index (χ3n) is 3.72. The Labute approximate surface area is 152 Å². The number of benzene rings is 2. The van der Waals surface area contributed by atoms with E-state index in [4.69, 9.17) is 10.5 Å². The van der Waals surface area contributed by atoms with Crippen LogP contribution in [0.5, 0.6) is 5.75 Å². The van der Waals surface area contributed by atoms with E-state index >= 15 is 0 Å². The quantitative estimate of drug-likeness (QED) is 0.343. The van der Waals surface area contributed by atoms with Crippen LogP contribution >= 0.6 is 0 Å². The van der Waals surface area contributed by atoms with E-state index in [1.54, 1.807) is 37.3 Å². The fraction of sp³-hybridized carbons (Fsp3) is 0.263. The number of rotatable bonds is 7. The van der Waals surface area contributed by atoms with Crippen molar-refractivity contribution in [1.29, 1.82) is 0 Å². The Morgan fingerprint density at radius 3 is 2.73 bits per heavy atom. The molecule has 0 saturated heterocycles. The van der Waals surface area contributed by atoms with Crippen LogP contribution in [0.3, 0.4) is 0 Å². The largest absolute Gasteiger partial charge is 0.483 e. The summed E-state index contributed by atoms with van der Waals surface area (Å²) in [5.74, 6) is 0.283. The van der Waals surface area contributed by atoms with Crippen LogP contribution in [0.1, 0.15) is 36.5 Å². The molecular weight excluding hydrogens is 332 g/mol. The molecule has 26 heavy (non-hydrogen) atoms. The highest BCUT2D eigenvalue weighted by Gasteiger charge is 2.13. The van der Waals surface area contributed by atoms with Crippen LogP contribution in [0.15, 0.2) is 46.7 Å². The second-order valence-corrected chi connectivity index (χ2v) is 6.17. The first-order chi connectivity index (χ1) is 12.4. The molecule has 2 aromatic rings. The van der Waals surface area contributed by atoms with E-state index in [1.165, 1.54) is 6.21 Å². The first kappa shape index (κ1) is 19.1. The lowest BCUT2D eigenvalue weighted by Gasteiger charge is -2.15. The molecule has 136 valence electrons. The van der Waals surface area contributed by atoms with E-state index in [9.17, 15) is 9.70 Å². The number of carbonyl (C=O) groups excluding carboxylic acids is 1. The molecule has 0 aromatic heterocycles. The summed E-state index contributed by atoms with van der Waals surface area (Å²) in [6.07, 6.45) is 1.50. The van der Waals surface area contributed by atoms with Crippen molar-refractivity contribution in [3.05, 3.63) is 58.0 Å². The Morgan fingerprint density at radius 2 is 2.08 bits per heavy atom. The molecule has 7 heteroatoms. The van der Waals surface area contributed by atoms with Crippen molar-refractivity contribution >= 4 is 23.5 Å². The summed E-state index contributed by atoms with van der Waals surface area (Å²) in [6.45, 7) is 5.52. The fourth-order valence-electron chi connectivity index (χ4n) is 2.35. The SMILES string of the molecule is Cc1cc(OCC(=O)N/N=C/c2cccc(N)c2)c(C(C)C)cc1N=O. The van der Waals surface area contributed by atoms with Crippen LogP contribution in [-0.2, 0) is 4.79 Å². The third-order valence-corrected chi connectivity index (χ3v) is 3.72. The molecule has 1 amide bonds. The van der Waals surface area contributed by atoms with Crippen molar-refractivity contribution in [2.24, 2.45) is 10.3 Å². The highest BCUT2D eigenvalue weighted by atomic mass is 16.5. The molecule has 0 aliphatic rings. The second-order valence-electron chi connectivity index (χ2n) is 6.17. The maximum Gasteiger partial charge on any atom is 0.277 e. The molecule has 2 rings (SSSR count). The molecular formula is C19H22N4O3. The van der Waals surface area contributed by atoms with Crippen molar-refractivity contribution < 1.29 is 9.53 Å². The second kappa shape index (κ2) is 8.75. The van der Waals surface area contributed by atoms with Gasteiger partial charge in [0.2, 0.25) is 0 Å². The number of hydrogen-bond acceptors (Lipinski definition) is 6. The maximum absolute atomic E-state index is 11.9. The standard InChI is InChI=1S/C19H22N4O3/c1-12(2)16-9-17(23-25)13(3)7-18(16)26-11-19(24)22-21-10-14-5-4-6-15(20)8-14/h4-10,12H,11,20H2,1-3H3,(H,22,24)/b21-10+. The molecule has 0 heterocycles. The average Bonchev–Trinajstić information content (AvgIpc) is 2.59. The van der Waals surface area contributed by atoms with E-state index in [1.807, 2.05) is 19.9 Å². The van der Waals surface area contributed by atoms with Gasteiger partial charge in [-0.1, -0.05) is 26.0 Å². The number of nitrogens with two attached hydrogens (primary N) is 1. The number of nitrogens with one attached hydrogen (secondary N) is 1. The predicted octanol–water partition coefficient (Wildman–Crippen LogP) is 3.63. The minimum absolute atomic E-state index is 0.121. The number of anilines is 1. The smallest absolute Gasteiger partial charge is 0.277 e. The van der Waals surface area contributed by atoms with Gasteiger partial charge in [-0.15, -0.1) is 4.91 Å². The molecule has 0 saturated carbocycles. The zero-order valence-corrected chi connectivity index (χ0v) is 15.0. The van der Waals surface area contributed by atoms with Gasteiger partial charge in [-0.05, 0) is 59.0 Å². The molecule has 0 radical (unpaired) electrons. The summed E-state index contributed by atoms with van der Waals surface area (Å²) < 4.78 is 5.61. The number of hydrogen-bond donors (Lipinski definition) is 2. The van der Waals surface area contributed by atoms with Crippen molar-refractivity contribution in [2.75, 3.05) is 12.3 Å². The number of aryl methyl sites for hydroxylation is 1. The number of nitroso groups, excluding NO2 is 1. The minimum atomic E-state index is -0.393. The Morgan fingerprint density at radius 1 is 1.31 bits per heavy atom. The third kappa shape index (κ3) is 5.14. The van der Waals surface area contributed by atoms with Crippen LogP contribution in [0.25, 0.3) is 0 Å². The zero-order valence-electron chi connectivity index (χ0n) is 15.0. The van der Waals surface area contributed by atoms with E-state index in [2.05, 4.69) is 15.7 Å². The number of amides is 1. The Kier molecular flexibility index (Phi) is 6.43. The molecule has 7 nitrogen and oxygen atoms in total. The summed E-state index contributed by atoms with van der Waals surface area (Å²) >= 11 is 0. The summed E-state index contributed by atoms with van der Waals surface area (Å²) in [5, 5.41) is 6.89. The Balaban J connectivity index is 1.98. The van der Waals surface area contributed by atoms with E-state index in [0.29, 0.717) is 22.7 Å². The Hall–Kier alpha value is -3.22. The van der Waals surface area contributed by atoms with Gasteiger partial charge < -0.3 is 10.5 Å². The molecule has 0 fully saturated rings.